The molecule has 0 spiro atoms. The molecule has 1 N–H and O–H groups in total. The average Bonchev–Trinajstić information content (AvgIpc) is 3.02. The van der Waals surface area contributed by atoms with E-state index in [0.717, 1.165) is 30.7 Å². The molecular formula is C16H18N4O2. The molecule has 4 rings (SSSR count). The molecule has 114 valence electrons. The van der Waals surface area contributed by atoms with Gasteiger partial charge in [-0.3, -0.25) is 14.5 Å². The largest absolute Gasteiger partial charge is 0.486 e. The molecule has 2 aromatic heterocycles. The van der Waals surface area contributed by atoms with E-state index in [1.165, 1.54) is 6.42 Å². The summed E-state index contributed by atoms with van der Waals surface area (Å²) in [5.41, 5.74) is 1.56. The number of hydrogen-bond acceptors (Lipinski definition) is 4. The Morgan fingerprint density at radius 3 is 3.00 bits per heavy atom. The molecule has 1 aliphatic heterocycles. The summed E-state index contributed by atoms with van der Waals surface area (Å²) in [4.78, 5) is 16.1. The van der Waals surface area contributed by atoms with Crippen molar-refractivity contribution in [1.82, 2.24) is 20.1 Å². The van der Waals surface area contributed by atoms with Gasteiger partial charge in [-0.1, -0.05) is 0 Å². The van der Waals surface area contributed by atoms with Crippen LogP contribution in [0.3, 0.4) is 0 Å². The van der Waals surface area contributed by atoms with Gasteiger partial charge in [0.15, 0.2) is 0 Å². The first-order valence-corrected chi connectivity index (χ1v) is 7.72. The summed E-state index contributed by atoms with van der Waals surface area (Å²) in [6, 6.07) is 5.96. The highest BCUT2D eigenvalue weighted by molar-refractivity contribution is 5.92. The molecule has 1 saturated carbocycles. The van der Waals surface area contributed by atoms with Crippen LogP contribution in [0.5, 0.6) is 5.75 Å². The SMILES string of the molecule is O=C(NC1CCC1)c1cc2n(n1)C[C@@H](Oc1cccnc1)C2. The van der Waals surface area contributed by atoms with Gasteiger partial charge in [0.05, 0.1) is 12.7 Å². The molecule has 1 atom stereocenters. The highest BCUT2D eigenvalue weighted by atomic mass is 16.5. The lowest BCUT2D eigenvalue weighted by atomic mass is 9.93. The maximum absolute atomic E-state index is 12.1. The Hall–Kier alpha value is -2.37. The van der Waals surface area contributed by atoms with E-state index >= 15 is 0 Å². The minimum atomic E-state index is -0.0590. The number of fused-ring (bicyclic) bond motifs is 1. The van der Waals surface area contributed by atoms with Crippen molar-refractivity contribution >= 4 is 5.91 Å². The zero-order chi connectivity index (χ0) is 14.9. The van der Waals surface area contributed by atoms with Gasteiger partial charge in [0.1, 0.15) is 17.5 Å². The summed E-state index contributed by atoms with van der Waals surface area (Å²) in [6.45, 7) is 0.668. The molecule has 2 aliphatic rings. The van der Waals surface area contributed by atoms with Crippen LogP contribution in [0.4, 0.5) is 0 Å². The third kappa shape index (κ3) is 2.56. The first-order valence-electron chi connectivity index (χ1n) is 7.72. The molecular weight excluding hydrogens is 280 g/mol. The van der Waals surface area contributed by atoms with Crippen molar-refractivity contribution in [2.75, 3.05) is 0 Å². The first-order chi connectivity index (χ1) is 10.8. The number of carbonyl (C=O) groups is 1. The van der Waals surface area contributed by atoms with Gasteiger partial charge < -0.3 is 10.1 Å². The second-order valence-corrected chi connectivity index (χ2v) is 5.94. The molecule has 1 fully saturated rings. The predicted octanol–water partition coefficient (Wildman–Crippen LogP) is 1.56. The Morgan fingerprint density at radius 2 is 2.32 bits per heavy atom. The van der Waals surface area contributed by atoms with Gasteiger partial charge in [0.25, 0.3) is 5.91 Å². The van der Waals surface area contributed by atoms with E-state index in [-0.39, 0.29) is 12.0 Å². The third-order valence-corrected chi connectivity index (χ3v) is 4.29. The summed E-state index contributed by atoms with van der Waals surface area (Å²) in [5.74, 6) is 0.706. The Balaban J connectivity index is 1.38. The molecule has 1 aliphatic carbocycles. The molecule has 1 amide bonds. The Morgan fingerprint density at radius 1 is 1.41 bits per heavy atom. The Bertz CT molecular complexity index is 655. The fraction of sp³-hybridized carbons (Fsp3) is 0.438. The second-order valence-electron chi connectivity index (χ2n) is 5.94. The fourth-order valence-electron chi connectivity index (χ4n) is 2.88. The van der Waals surface area contributed by atoms with E-state index < -0.39 is 0 Å². The molecule has 2 aromatic rings. The van der Waals surface area contributed by atoms with Crippen molar-refractivity contribution in [3.05, 3.63) is 42.0 Å². The van der Waals surface area contributed by atoms with Crippen molar-refractivity contribution < 1.29 is 9.53 Å². The van der Waals surface area contributed by atoms with Crippen LogP contribution in [-0.4, -0.2) is 32.8 Å². The van der Waals surface area contributed by atoms with Gasteiger partial charge in [0, 0.05) is 24.4 Å². The number of rotatable bonds is 4. The molecule has 0 unspecified atom stereocenters. The normalized spacial score (nSPS) is 20.3. The lowest BCUT2D eigenvalue weighted by Crippen LogP contribution is -2.39. The van der Waals surface area contributed by atoms with Crippen molar-refractivity contribution in [2.45, 2.75) is 44.4 Å². The lowest BCUT2D eigenvalue weighted by molar-refractivity contribution is 0.0910. The summed E-state index contributed by atoms with van der Waals surface area (Å²) in [7, 11) is 0. The van der Waals surface area contributed by atoms with E-state index in [1.54, 1.807) is 12.4 Å². The van der Waals surface area contributed by atoms with Crippen LogP contribution in [0, 0.1) is 0 Å². The standard InChI is InChI=1S/C16H18N4O2/c21-16(18-11-3-1-4-11)15-8-12-7-14(10-20(12)19-15)22-13-5-2-6-17-9-13/h2,5-6,8-9,11,14H,1,3-4,7,10H2,(H,18,21)/t14-/m0/s1. The van der Waals surface area contributed by atoms with Crippen LogP contribution in [0.15, 0.2) is 30.6 Å². The Labute approximate surface area is 128 Å². The number of pyridine rings is 1. The monoisotopic (exact) mass is 298 g/mol. The number of carbonyl (C=O) groups excluding carboxylic acids is 1. The minimum absolute atomic E-state index is 0.0513. The van der Waals surface area contributed by atoms with Crippen LogP contribution in [0.1, 0.15) is 35.4 Å². The predicted molar refractivity (Wildman–Crippen MR) is 79.7 cm³/mol. The van der Waals surface area contributed by atoms with E-state index in [9.17, 15) is 4.79 Å². The van der Waals surface area contributed by atoms with E-state index in [1.807, 2.05) is 22.9 Å². The van der Waals surface area contributed by atoms with Crippen LogP contribution >= 0.6 is 0 Å². The van der Waals surface area contributed by atoms with E-state index in [0.29, 0.717) is 18.3 Å². The van der Waals surface area contributed by atoms with Crippen molar-refractivity contribution in [3.8, 4) is 5.75 Å². The third-order valence-electron chi connectivity index (χ3n) is 4.29. The maximum Gasteiger partial charge on any atom is 0.272 e. The highest BCUT2D eigenvalue weighted by Gasteiger charge is 2.28. The number of nitrogens with zero attached hydrogens (tertiary/aromatic N) is 3. The molecule has 0 saturated heterocycles. The maximum atomic E-state index is 12.1. The van der Waals surface area contributed by atoms with Crippen LogP contribution < -0.4 is 10.1 Å². The van der Waals surface area contributed by atoms with Gasteiger partial charge in [-0.25, -0.2) is 0 Å². The van der Waals surface area contributed by atoms with E-state index in [2.05, 4.69) is 15.4 Å². The summed E-state index contributed by atoms with van der Waals surface area (Å²) >= 11 is 0. The van der Waals surface area contributed by atoms with Gasteiger partial charge in [-0.2, -0.15) is 5.10 Å². The van der Waals surface area contributed by atoms with Gasteiger partial charge in [-0.15, -0.1) is 0 Å². The van der Waals surface area contributed by atoms with Gasteiger partial charge >= 0.3 is 0 Å². The average molecular weight is 298 g/mol. The summed E-state index contributed by atoms with van der Waals surface area (Å²) < 4.78 is 7.76. The van der Waals surface area contributed by atoms with Crippen molar-refractivity contribution in [3.63, 3.8) is 0 Å². The lowest BCUT2D eigenvalue weighted by Gasteiger charge is -2.25. The summed E-state index contributed by atoms with van der Waals surface area (Å²) in [6.07, 6.45) is 7.62. The number of ether oxygens (including phenoxy) is 1. The van der Waals surface area contributed by atoms with Gasteiger partial charge in [-0.05, 0) is 37.5 Å². The smallest absolute Gasteiger partial charge is 0.272 e. The quantitative estimate of drug-likeness (QED) is 0.930. The fourth-order valence-corrected chi connectivity index (χ4v) is 2.88. The highest BCUT2D eigenvalue weighted by Crippen LogP contribution is 2.22. The van der Waals surface area contributed by atoms with Crippen LogP contribution in [0.2, 0.25) is 0 Å². The van der Waals surface area contributed by atoms with Crippen LogP contribution in [-0.2, 0) is 13.0 Å². The Kier molecular flexibility index (Phi) is 3.29. The van der Waals surface area contributed by atoms with E-state index in [4.69, 9.17) is 4.74 Å². The minimum Gasteiger partial charge on any atom is -0.486 e. The number of nitrogens with one attached hydrogen (secondary N) is 1. The molecule has 0 aromatic carbocycles. The number of amides is 1. The first kappa shape index (κ1) is 13.3. The molecule has 6 heteroatoms. The zero-order valence-electron chi connectivity index (χ0n) is 12.2. The van der Waals surface area contributed by atoms with Crippen LogP contribution in [0.25, 0.3) is 0 Å². The number of hydrogen-bond donors (Lipinski definition) is 1. The second kappa shape index (κ2) is 5.44. The molecule has 6 nitrogen and oxygen atoms in total. The van der Waals surface area contributed by atoms with Crippen molar-refractivity contribution in [1.29, 1.82) is 0 Å². The molecule has 0 radical (unpaired) electrons. The molecule has 0 bridgehead atoms. The molecule has 3 heterocycles. The summed E-state index contributed by atoms with van der Waals surface area (Å²) in [5, 5.41) is 7.42. The number of aromatic nitrogens is 3. The van der Waals surface area contributed by atoms with Crippen molar-refractivity contribution in [2.24, 2.45) is 0 Å². The molecule has 22 heavy (non-hydrogen) atoms. The van der Waals surface area contributed by atoms with Gasteiger partial charge in [0.2, 0.25) is 0 Å². The topological polar surface area (TPSA) is 69.0 Å². The zero-order valence-corrected chi connectivity index (χ0v) is 12.2.